The molecule has 0 aromatic heterocycles. The van der Waals surface area contributed by atoms with E-state index in [2.05, 4.69) is 37.3 Å². The van der Waals surface area contributed by atoms with Gasteiger partial charge in [-0.15, -0.1) is 11.8 Å². The summed E-state index contributed by atoms with van der Waals surface area (Å²) in [4.78, 5) is 5.95. The Morgan fingerprint density at radius 1 is 1.05 bits per heavy atom. The van der Waals surface area contributed by atoms with Crippen LogP contribution in [0.3, 0.4) is 0 Å². The van der Waals surface area contributed by atoms with Crippen LogP contribution < -0.4 is 9.47 Å². The highest BCUT2D eigenvalue weighted by Gasteiger charge is 2.21. The third kappa shape index (κ3) is 2.97. The number of hydrogen-bond acceptors (Lipinski definition) is 4. The van der Waals surface area contributed by atoms with Crippen molar-refractivity contribution in [3.8, 4) is 11.5 Å². The number of benzene rings is 2. The lowest BCUT2D eigenvalue weighted by molar-refractivity contribution is 0.354. The minimum Gasteiger partial charge on any atom is -0.493 e. The smallest absolute Gasteiger partial charge is 0.161 e. The monoisotopic (exact) mass is 313 g/mol. The molecule has 3 rings (SSSR count). The number of para-hydroxylation sites is 1. The quantitative estimate of drug-likeness (QED) is 0.796. The first kappa shape index (κ1) is 15.0. The van der Waals surface area contributed by atoms with Gasteiger partial charge in [0.15, 0.2) is 11.5 Å². The lowest BCUT2D eigenvalue weighted by atomic mass is 10.1. The van der Waals surface area contributed by atoms with Gasteiger partial charge in [-0.25, -0.2) is 0 Å². The molecule has 22 heavy (non-hydrogen) atoms. The summed E-state index contributed by atoms with van der Waals surface area (Å²) in [5.41, 5.74) is 3.44. The Kier molecular flexibility index (Phi) is 4.39. The number of hydrogen-bond donors (Lipinski definition) is 0. The molecular weight excluding hydrogens is 294 g/mol. The van der Waals surface area contributed by atoms with Crippen molar-refractivity contribution in [1.29, 1.82) is 0 Å². The molecule has 0 fully saturated rings. The van der Waals surface area contributed by atoms with Gasteiger partial charge in [-0.1, -0.05) is 18.2 Å². The first-order valence-electron chi connectivity index (χ1n) is 7.23. The van der Waals surface area contributed by atoms with E-state index in [9.17, 15) is 0 Å². The van der Waals surface area contributed by atoms with Gasteiger partial charge in [-0.3, -0.25) is 4.99 Å². The van der Waals surface area contributed by atoms with Crippen molar-refractivity contribution in [1.82, 2.24) is 0 Å². The molecule has 0 amide bonds. The van der Waals surface area contributed by atoms with E-state index >= 15 is 0 Å². The van der Waals surface area contributed by atoms with Gasteiger partial charge >= 0.3 is 0 Å². The largest absolute Gasteiger partial charge is 0.493 e. The van der Waals surface area contributed by atoms with Gasteiger partial charge in [0, 0.05) is 22.3 Å². The van der Waals surface area contributed by atoms with Crippen molar-refractivity contribution >= 4 is 23.2 Å². The van der Waals surface area contributed by atoms with Crippen LogP contribution in [0.25, 0.3) is 0 Å². The van der Waals surface area contributed by atoms with E-state index in [0.29, 0.717) is 5.25 Å². The number of thioether (sulfide) groups is 1. The molecule has 1 atom stereocenters. The first-order chi connectivity index (χ1) is 10.7. The Labute approximate surface area is 135 Å². The fourth-order valence-electron chi connectivity index (χ4n) is 2.60. The highest BCUT2D eigenvalue weighted by Crippen LogP contribution is 2.46. The predicted molar refractivity (Wildman–Crippen MR) is 92.0 cm³/mol. The van der Waals surface area contributed by atoms with Crippen molar-refractivity contribution < 1.29 is 9.47 Å². The molecule has 0 unspecified atom stereocenters. The fourth-order valence-corrected chi connectivity index (χ4v) is 3.91. The number of nitrogens with zero attached hydrogens (tertiary/aromatic N) is 1. The molecule has 0 spiro atoms. The SMILES string of the molecule is COc1ccc([C@H]2CC(C)=Nc3ccccc3S2)cc1OC. The zero-order chi connectivity index (χ0) is 15.5. The van der Waals surface area contributed by atoms with Gasteiger partial charge in [-0.05, 0) is 36.8 Å². The molecule has 4 heteroatoms. The van der Waals surface area contributed by atoms with Crippen LogP contribution in [0.5, 0.6) is 11.5 Å². The molecular formula is C18H19NO2S. The molecule has 1 aliphatic heterocycles. The van der Waals surface area contributed by atoms with Crippen LogP contribution in [0.1, 0.15) is 24.2 Å². The van der Waals surface area contributed by atoms with Crippen LogP contribution in [-0.2, 0) is 0 Å². The number of ether oxygens (including phenoxy) is 2. The molecule has 0 saturated heterocycles. The molecule has 2 aromatic carbocycles. The van der Waals surface area contributed by atoms with Crippen LogP contribution in [-0.4, -0.2) is 19.9 Å². The standard InChI is InChI=1S/C18H19NO2S/c1-12-10-18(22-17-7-5-4-6-14(17)19-12)13-8-9-15(20-2)16(11-13)21-3/h4-9,11,18H,10H2,1-3H3/t18-/m1/s1. The van der Waals surface area contributed by atoms with Crippen molar-refractivity contribution in [3.05, 3.63) is 48.0 Å². The van der Waals surface area contributed by atoms with E-state index in [1.165, 1.54) is 10.5 Å². The minimum absolute atomic E-state index is 0.326. The summed E-state index contributed by atoms with van der Waals surface area (Å²) in [5, 5.41) is 0.326. The predicted octanol–water partition coefficient (Wildman–Crippen LogP) is 5.03. The average molecular weight is 313 g/mol. The zero-order valence-corrected chi connectivity index (χ0v) is 13.8. The molecule has 0 N–H and O–H groups in total. The second-order valence-corrected chi connectivity index (χ2v) is 6.48. The average Bonchev–Trinajstić information content (AvgIpc) is 2.72. The lowest BCUT2D eigenvalue weighted by Crippen LogP contribution is -2.01. The number of aliphatic imine (C=N–C) groups is 1. The third-order valence-electron chi connectivity index (χ3n) is 3.71. The topological polar surface area (TPSA) is 30.8 Å². The van der Waals surface area contributed by atoms with Gasteiger partial charge in [0.1, 0.15) is 0 Å². The van der Waals surface area contributed by atoms with Crippen LogP contribution >= 0.6 is 11.8 Å². The molecule has 2 aromatic rings. The van der Waals surface area contributed by atoms with Crippen LogP contribution in [0.15, 0.2) is 52.4 Å². The summed E-state index contributed by atoms with van der Waals surface area (Å²) < 4.78 is 10.8. The van der Waals surface area contributed by atoms with Crippen LogP contribution in [0, 0.1) is 0 Å². The highest BCUT2D eigenvalue weighted by molar-refractivity contribution is 7.99. The van der Waals surface area contributed by atoms with Gasteiger partial charge in [0.2, 0.25) is 0 Å². The van der Waals surface area contributed by atoms with E-state index < -0.39 is 0 Å². The summed E-state index contributed by atoms with van der Waals surface area (Å²) in [6, 6.07) is 14.5. The molecule has 1 heterocycles. The second kappa shape index (κ2) is 6.44. The normalized spacial score (nSPS) is 17.2. The third-order valence-corrected chi connectivity index (χ3v) is 5.03. The van der Waals surface area contributed by atoms with E-state index in [4.69, 9.17) is 14.5 Å². The van der Waals surface area contributed by atoms with E-state index in [0.717, 1.165) is 29.3 Å². The highest BCUT2D eigenvalue weighted by atomic mass is 32.2. The van der Waals surface area contributed by atoms with Crippen LogP contribution in [0.2, 0.25) is 0 Å². The summed E-state index contributed by atoms with van der Waals surface area (Å²) in [6.07, 6.45) is 0.925. The Bertz CT molecular complexity index is 712. The van der Waals surface area contributed by atoms with Gasteiger partial charge < -0.3 is 9.47 Å². The number of rotatable bonds is 3. The van der Waals surface area contributed by atoms with Gasteiger partial charge in [0.05, 0.1) is 19.9 Å². The first-order valence-corrected chi connectivity index (χ1v) is 8.11. The van der Waals surface area contributed by atoms with E-state index in [1.807, 2.05) is 23.9 Å². The maximum atomic E-state index is 5.43. The van der Waals surface area contributed by atoms with Gasteiger partial charge in [-0.2, -0.15) is 0 Å². The Hall–Kier alpha value is -1.94. The summed E-state index contributed by atoms with van der Waals surface area (Å²) in [5.74, 6) is 1.53. The fraction of sp³-hybridized carbons (Fsp3) is 0.278. The maximum Gasteiger partial charge on any atom is 0.161 e. The van der Waals surface area contributed by atoms with Gasteiger partial charge in [0.25, 0.3) is 0 Å². The van der Waals surface area contributed by atoms with E-state index in [1.54, 1.807) is 14.2 Å². The molecule has 3 nitrogen and oxygen atoms in total. The molecule has 114 valence electrons. The molecule has 0 saturated carbocycles. The molecule has 0 radical (unpaired) electrons. The Balaban J connectivity index is 1.97. The van der Waals surface area contributed by atoms with Crippen molar-refractivity contribution in [2.75, 3.05) is 14.2 Å². The van der Waals surface area contributed by atoms with Crippen molar-refractivity contribution in [3.63, 3.8) is 0 Å². The van der Waals surface area contributed by atoms with Crippen LogP contribution in [0.4, 0.5) is 5.69 Å². The number of fused-ring (bicyclic) bond motifs is 1. The van der Waals surface area contributed by atoms with Crippen molar-refractivity contribution in [2.45, 2.75) is 23.5 Å². The Morgan fingerprint density at radius 3 is 2.59 bits per heavy atom. The summed E-state index contributed by atoms with van der Waals surface area (Å²) in [6.45, 7) is 2.09. The number of methoxy groups -OCH3 is 2. The Morgan fingerprint density at radius 2 is 1.82 bits per heavy atom. The molecule has 0 aliphatic carbocycles. The van der Waals surface area contributed by atoms with E-state index in [-0.39, 0.29) is 0 Å². The minimum atomic E-state index is 0.326. The molecule has 1 aliphatic rings. The summed E-state index contributed by atoms with van der Waals surface area (Å²) >= 11 is 1.86. The maximum absolute atomic E-state index is 5.43. The van der Waals surface area contributed by atoms with Crippen molar-refractivity contribution in [2.24, 2.45) is 4.99 Å². The summed E-state index contributed by atoms with van der Waals surface area (Å²) in [7, 11) is 3.33. The molecule has 0 bridgehead atoms. The zero-order valence-electron chi connectivity index (χ0n) is 13.0. The second-order valence-electron chi connectivity index (χ2n) is 5.24. The lowest BCUT2D eigenvalue weighted by Gasteiger charge is -2.17.